The van der Waals surface area contributed by atoms with E-state index in [1.165, 1.54) is 19.1 Å². The van der Waals surface area contributed by atoms with E-state index >= 15 is 0 Å². The van der Waals surface area contributed by atoms with Gasteiger partial charge in [-0.05, 0) is 12.1 Å². The Kier molecular flexibility index (Phi) is 3.13. The number of Topliss-reactive ketones (excluding diaryl/α,β-unsaturated/α-hetero) is 1. The second kappa shape index (κ2) is 4.43. The third-order valence-electron chi connectivity index (χ3n) is 2.11. The summed E-state index contributed by atoms with van der Waals surface area (Å²) < 4.78 is 14.7. The first kappa shape index (κ1) is 12.0. The molecule has 88 valence electrons. The molecule has 0 aliphatic heterocycles. The van der Waals surface area contributed by atoms with Gasteiger partial charge in [0, 0.05) is 6.92 Å². The predicted molar refractivity (Wildman–Crippen MR) is 61.3 cm³/mol. The van der Waals surface area contributed by atoms with Gasteiger partial charge in [-0.1, -0.05) is 34.5 Å². The number of hydrogen-bond acceptors (Lipinski definition) is 3. The molecule has 0 bridgehead atoms. The number of aromatic nitrogens is 3. The lowest BCUT2D eigenvalue weighted by atomic mass is 10.3. The highest BCUT2D eigenvalue weighted by Crippen LogP contribution is 2.24. The van der Waals surface area contributed by atoms with Crippen LogP contribution in [0.4, 0.5) is 4.39 Å². The molecule has 0 amide bonds. The van der Waals surface area contributed by atoms with E-state index < -0.39 is 5.82 Å². The van der Waals surface area contributed by atoms with Crippen LogP contribution in [0.25, 0.3) is 5.69 Å². The normalized spacial score (nSPS) is 10.6. The Morgan fingerprint density at radius 2 is 2.12 bits per heavy atom. The minimum absolute atomic E-state index is 0.00829. The highest BCUT2D eigenvalue weighted by molar-refractivity contribution is 6.33. The molecule has 0 aliphatic carbocycles. The summed E-state index contributed by atoms with van der Waals surface area (Å²) in [4.78, 5) is 11.1. The van der Waals surface area contributed by atoms with E-state index in [-0.39, 0.29) is 27.3 Å². The van der Waals surface area contributed by atoms with E-state index in [9.17, 15) is 9.18 Å². The third kappa shape index (κ3) is 2.03. The van der Waals surface area contributed by atoms with Crippen molar-refractivity contribution in [2.24, 2.45) is 0 Å². The molecular formula is C10H6Cl2FN3O. The summed E-state index contributed by atoms with van der Waals surface area (Å²) in [6.45, 7) is 1.30. The van der Waals surface area contributed by atoms with E-state index in [2.05, 4.69) is 10.3 Å². The maximum atomic E-state index is 13.7. The van der Waals surface area contributed by atoms with Gasteiger partial charge >= 0.3 is 0 Å². The summed E-state index contributed by atoms with van der Waals surface area (Å²) in [5.74, 6) is -1.01. The molecule has 0 radical (unpaired) electrons. The van der Waals surface area contributed by atoms with Gasteiger partial charge in [0.25, 0.3) is 0 Å². The number of ketones is 1. The molecule has 1 heterocycles. The quantitative estimate of drug-likeness (QED) is 0.791. The Bertz CT molecular complexity index is 597. The molecule has 0 unspecified atom stereocenters. The van der Waals surface area contributed by atoms with Crippen molar-refractivity contribution in [2.45, 2.75) is 6.92 Å². The first-order valence-corrected chi connectivity index (χ1v) is 5.34. The summed E-state index contributed by atoms with van der Waals surface area (Å²) in [7, 11) is 0. The van der Waals surface area contributed by atoms with Gasteiger partial charge < -0.3 is 0 Å². The van der Waals surface area contributed by atoms with Crippen molar-refractivity contribution < 1.29 is 9.18 Å². The zero-order chi connectivity index (χ0) is 12.6. The van der Waals surface area contributed by atoms with Crippen molar-refractivity contribution in [1.29, 1.82) is 0 Å². The lowest BCUT2D eigenvalue weighted by Crippen LogP contribution is -2.01. The molecule has 7 heteroatoms. The summed E-state index contributed by atoms with van der Waals surface area (Å²) in [6.07, 6.45) is 0. The molecule has 0 spiro atoms. The molecule has 0 aliphatic rings. The minimum Gasteiger partial charge on any atom is -0.293 e. The van der Waals surface area contributed by atoms with Crippen LogP contribution in [0.5, 0.6) is 0 Å². The molecule has 0 saturated heterocycles. The van der Waals surface area contributed by atoms with Crippen molar-refractivity contribution in [3.05, 3.63) is 39.9 Å². The lowest BCUT2D eigenvalue weighted by Gasteiger charge is -2.04. The molecule has 1 aromatic carbocycles. The van der Waals surface area contributed by atoms with Crippen molar-refractivity contribution in [1.82, 2.24) is 15.0 Å². The Morgan fingerprint density at radius 3 is 2.71 bits per heavy atom. The Hall–Kier alpha value is -1.46. The van der Waals surface area contributed by atoms with Gasteiger partial charge in [-0.25, -0.2) is 4.39 Å². The fourth-order valence-corrected chi connectivity index (χ4v) is 1.76. The van der Waals surface area contributed by atoms with Gasteiger partial charge in [0.2, 0.25) is 0 Å². The molecule has 0 N–H and O–H groups in total. The van der Waals surface area contributed by atoms with E-state index in [4.69, 9.17) is 23.2 Å². The van der Waals surface area contributed by atoms with Crippen LogP contribution in [0, 0.1) is 5.82 Å². The van der Waals surface area contributed by atoms with E-state index in [0.29, 0.717) is 0 Å². The van der Waals surface area contributed by atoms with Gasteiger partial charge in [-0.3, -0.25) is 4.79 Å². The Labute approximate surface area is 106 Å². The summed E-state index contributed by atoms with van der Waals surface area (Å²) in [5, 5.41) is 7.11. The second-order valence-corrected chi connectivity index (χ2v) is 4.04. The number of hydrogen-bond donors (Lipinski definition) is 0. The molecule has 0 saturated carbocycles. The average molecular weight is 274 g/mol. The van der Waals surface area contributed by atoms with Gasteiger partial charge in [0.15, 0.2) is 22.4 Å². The summed E-state index contributed by atoms with van der Waals surface area (Å²) in [5.41, 5.74) is 0.0357. The largest absolute Gasteiger partial charge is 0.293 e. The van der Waals surface area contributed by atoms with Crippen molar-refractivity contribution in [3.63, 3.8) is 0 Å². The maximum absolute atomic E-state index is 13.7. The molecule has 0 fully saturated rings. The van der Waals surface area contributed by atoms with Crippen LogP contribution in [0.3, 0.4) is 0 Å². The summed E-state index contributed by atoms with van der Waals surface area (Å²) in [6, 6.07) is 4.38. The highest BCUT2D eigenvalue weighted by atomic mass is 35.5. The molecule has 4 nitrogen and oxygen atoms in total. The van der Waals surface area contributed by atoms with Crippen LogP contribution in [0.2, 0.25) is 10.2 Å². The molecule has 1 aromatic heterocycles. The van der Waals surface area contributed by atoms with Gasteiger partial charge in [-0.15, -0.1) is 5.10 Å². The number of benzene rings is 1. The molecule has 2 rings (SSSR count). The topological polar surface area (TPSA) is 47.8 Å². The molecule has 2 aromatic rings. The van der Waals surface area contributed by atoms with Gasteiger partial charge in [-0.2, -0.15) is 4.68 Å². The number of carbonyl (C=O) groups excluding carboxylic acids is 1. The monoisotopic (exact) mass is 273 g/mol. The van der Waals surface area contributed by atoms with E-state index in [1.807, 2.05) is 0 Å². The van der Waals surface area contributed by atoms with Crippen LogP contribution >= 0.6 is 23.2 Å². The van der Waals surface area contributed by atoms with Crippen LogP contribution in [-0.2, 0) is 0 Å². The zero-order valence-corrected chi connectivity index (χ0v) is 10.1. The predicted octanol–water partition coefficient (Wildman–Crippen LogP) is 2.92. The van der Waals surface area contributed by atoms with Crippen LogP contribution < -0.4 is 0 Å². The highest BCUT2D eigenvalue weighted by Gasteiger charge is 2.18. The van der Waals surface area contributed by atoms with Crippen molar-refractivity contribution in [3.8, 4) is 5.69 Å². The van der Waals surface area contributed by atoms with Crippen LogP contribution in [0.1, 0.15) is 17.4 Å². The summed E-state index contributed by atoms with van der Waals surface area (Å²) >= 11 is 11.5. The van der Waals surface area contributed by atoms with E-state index in [1.54, 1.807) is 6.07 Å². The number of halogens is 3. The lowest BCUT2D eigenvalue weighted by molar-refractivity contribution is 0.101. The third-order valence-corrected chi connectivity index (χ3v) is 2.74. The Balaban J connectivity index is 2.62. The van der Waals surface area contributed by atoms with Gasteiger partial charge in [0.1, 0.15) is 5.69 Å². The maximum Gasteiger partial charge on any atom is 0.183 e. The van der Waals surface area contributed by atoms with Crippen LogP contribution in [0.15, 0.2) is 18.2 Å². The number of carbonyl (C=O) groups is 1. The first-order valence-electron chi connectivity index (χ1n) is 4.59. The second-order valence-electron chi connectivity index (χ2n) is 3.27. The van der Waals surface area contributed by atoms with E-state index in [0.717, 1.165) is 4.68 Å². The molecular weight excluding hydrogens is 268 g/mol. The van der Waals surface area contributed by atoms with Crippen LogP contribution in [-0.4, -0.2) is 20.8 Å². The minimum atomic E-state index is -0.670. The standard InChI is InChI=1S/C10H6Cl2FN3O/c1-5(17)9-10(12)16(15-14-9)7-4-2-3-6(11)8(7)13/h2-4H,1H3. The average Bonchev–Trinajstić information content (AvgIpc) is 2.64. The fraction of sp³-hybridized carbons (Fsp3) is 0.100. The Morgan fingerprint density at radius 1 is 1.41 bits per heavy atom. The fourth-order valence-electron chi connectivity index (χ4n) is 1.30. The smallest absolute Gasteiger partial charge is 0.183 e. The van der Waals surface area contributed by atoms with Crippen molar-refractivity contribution in [2.75, 3.05) is 0 Å². The molecule has 17 heavy (non-hydrogen) atoms. The zero-order valence-electron chi connectivity index (χ0n) is 8.62. The number of nitrogens with zero attached hydrogens (tertiary/aromatic N) is 3. The first-order chi connectivity index (χ1) is 8.02. The van der Waals surface area contributed by atoms with Crippen molar-refractivity contribution >= 4 is 29.0 Å². The molecule has 0 atom stereocenters. The van der Waals surface area contributed by atoms with Gasteiger partial charge in [0.05, 0.1) is 5.02 Å². The number of rotatable bonds is 2. The SMILES string of the molecule is CC(=O)c1nnn(-c2cccc(Cl)c2F)c1Cl.